The number of methoxy groups -OCH3 is 1. The quantitative estimate of drug-likeness (QED) is 0.616. The first-order chi connectivity index (χ1) is 13.5. The first-order valence-corrected chi connectivity index (χ1v) is 9.58. The number of hydrogen-bond acceptors (Lipinski definition) is 5. The topological polar surface area (TPSA) is 71.5 Å². The number of rotatable bonds is 6. The highest BCUT2D eigenvalue weighted by Gasteiger charge is 2.13. The molecule has 0 aliphatic carbocycles. The maximum atomic E-state index is 12.3. The first-order valence-electron chi connectivity index (χ1n) is 8.38. The molecule has 1 N–H and O–H groups in total. The van der Waals surface area contributed by atoms with Crippen molar-refractivity contribution in [3.8, 4) is 5.75 Å². The van der Waals surface area contributed by atoms with Crippen LogP contribution in [0, 0.1) is 0 Å². The second-order valence-electron chi connectivity index (χ2n) is 5.94. The number of halogens is 1. The van der Waals surface area contributed by atoms with Crippen molar-refractivity contribution in [2.45, 2.75) is 0 Å². The maximum Gasteiger partial charge on any atom is 0.246 e. The van der Waals surface area contributed by atoms with Crippen molar-refractivity contribution >= 4 is 56.7 Å². The standard InChI is InChI=1S/C20H18ClN3O3S/c1-24(12-18(25)22-15-11-13(21)7-8-16(15)27-2)20(26)10-9-19-23-14-5-3-4-6-17(14)28-19/h3-11H,12H2,1-2H3,(H,22,25). The highest BCUT2D eigenvalue weighted by atomic mass is 35.5. The van der Waals surface area contributed by atoms with Gasteiger partial charge in [0.1, 0.15) is 10.8 Å². The van der Waals surface area contributed by atoms with Crippen LogP contribution < -0.4 is 10.1 Å². The Morgan fingerprint density at radius 1 is 1.29 bits per heavy atom. The lowest BCUT2D eigenvalue weighted by atomic mass is 10.3. The molecule has 0 saturated heterocycles. The molecule has 3 aromatic rings. The summed E-state index contributed by atoms with van der Waals surface area (Å²) in [7, 11) is 3.06. The number of benzene rings is 2. The fourth-order valence-corrected chi connectivity index (χ4v) is 3.53. The molecule has 0 saturated carbocycles. The number of aromatic nitrogens is 1. The average Bonchev–Trinajstić information content (AvgIpc) is 3.09. The van der Waals surface area contributed by atoms with Crippen LogP contribution in [0.25, 0.3) is 16.3 Å². The lowest BCUT2D eigenvalue weighted by molar-refractivity contribution is -0.129. The molecule has 0 aliphatic heterocycles. The predicted octanol–water partition coefficient (Wildman–Crippen LogP) is 4.07. The summed E-state index contributed by atoms with van der Waals surface area (Å²) in [5, 5.41) is 3.91. The Hall–Kier alpha value is -2.90. The van der Waals surface area contributed by atoms with Crippen molar-refractivity contribution < 1.29 is 14.3 Å². The maximum absolute atomic E-state index is 12.3. The van der Waals surface area contributed by atoms with Crippen molar-refractivity contribution in [3.63, 3.8) is 0 Å². The molecule has 2 aromatic carbocycles. The van der Waals surface area contributed by atoms with E-state index in [1.165, 1.54) is 29.4 Å². The molecule has 0 spiro atoms. The molecule has 0 bridgehead atoms. The Kier molecular flexibility index (Phi) is 6.28. The molecule has 0 unspecified atom stereocenters. The van der Waals surface area contributed by atoms with Crippen LogP contribution in [0.4, 0.5) is 5.69 Å². The number of amides is 2. The average molecular weight is 416 g/mol. The number of likely N-dealkylation sites (N-methyl/N-ethyl adjacent to an activating group) is 1. The van der Waals surface area contributed by atoms with Gasteiger partial charge < -0.3 is 15.0 Å². The molecule has 1 aromatic heterocycles. The van der Waals surface area contributed by atoms with Crippen LogP contribution in [0.1, 0.15) is 5.01 Å². The Bertz CT molecular complexity index is 1020. The summed E-state index contributed by atoms with van der Waals surface area (Å²) in [6.45, 7) is -0.112. The van der Waals surface area contributed by atoms with Gasteiger partial charge in [-0.25, -0.2) is 4.98 Å². The normalized spacial score (nSPS) is 11.0. The van der Waals surface area contributed by atoms with Crippen LogP contribution >= 0.6 is 22.9 Å². The third-order valence-electron chi connectivity index (χ3n) is 3.87. The Balaban J connectivity index is 1.60. The zero-order chi connectivity index (χ0) is 20.1. The van der Waals surface area contributed by atoms with Gasteiger partial charge in [0.2, 0.25) is 11.8 Å². The summed E-state index contributed by atoms with van der Waals surface area (Å²) in [4.78, 5) is 30.3. The molecule has 6 nitrogen and oxygen atoms in total. The Morgan fingerprint density at radius 3 is 2.82 bits per heavy atom. The molecule has 3 rings (SSSR count). The van der Waals surface area contributed by atoms with Gasteiger partial charge in [-0.2, -0.15) is 0 Å². The number of nitrogens with one attached hydrogen (secondary N) is 1. The molecule has 144 valence electrons. The summed E-state index contributed by atoms with van der Waals surface area (Å²) in [6, 6.07) is 12.7. The van der Waals surface area contributed by atoms with E-state index in [-0.39, 0.29) is 18.4 Å². The Labute approximate surface area is 171 Å². The van der Waals surface area contributed by atoms with E-state index in [9.17, 15) is 9.59 Å². The van der Waals surface area contributed by atoms with Crippen molar-refractivity contribution in [2.24, 2.45) is 0 Å². The molecule has 28 heavy (non-hydrogen) atoms. The molecule has 0 fully saturated rings. The number of carbonyl (C=O) groups is 2. The molecule has 0 aliphatic rings. The number of nitrogens with zero attached hydrogens (tertiary/aromatic N) is 2. The van der Waals surface area contributed by atoms with Gasteiger partial charge in [-0.3, -0.25) is 9.59 Å². The van der Waals surface area contributed by atoms with Crippen LogP contribution in [-0.4, -0.2) is 42.4 Å². The number of fused-ring (bicyclic) bond motifs is 1. The van der Waals surface area contributed by atoms with Gasteiger partial charge in [-0.05, 0) is 36.4 Å². The SMILES string of the molecule is COc1ccc(Cl)cc1NC(=O)CN(C)C(=O)C=Cc1nc2ccccc2s1. The van der Waals surface area contributed by atoms with Crippen molar-refractivity contribution in [2.75, 3.05) is 26.0 Å². The second-order valence-corrected chi connectivity index (χ2v) is 7.44. The van der Waals surface area contributed by atoms with E-state index in [1.807, 2.05) is 24.3 Å². The number of hydrogen-bond donors (Lipinski definition) is 1. The number of para-hydroxylation sites is 1. The minimum absolute atomic E-state index is 0.112. The summed E-state index contributed by atoms with van der Waals surface area (Å²) in [5.74, 6) is -0.167. The predicted molar refractivity (Wildman–Crippen MR) is 113 cm³/mol. The van der Waals surface area contributed by atoms with Crippen LogP contribution in [0.2, 0.25) is 5.02 Å². The van der Waals surface area contributed by atoms with Gasteiger partial charge in [0.25, 0.3) is 0 Å². The summed E-state index contributed by atoms with van der Waals surface area (Å²) >= 11 is 7.45. The van der Waals surface area contributed by atoms with E-state index in [0.29, 0.717) is 16.5 Å². The van der Waals surface area contributed by atoms with Crippen LogP contribution in [0.3, 0.4) is 0 Å². The number of anilines is 1. The minimum atomic E-state index is -0.357. The zero-order valence-electron chi connectivity index (χ0n) is 15.3. The smallest absolute Gasteiger partial charge is 0.246 e. The minimum Gasteiger partial charge on any atom is -0.495 e. The van der Waals surface area contributed by atoms with E-state index in [1.54, 1.807) is 31.3 Å². The van der Waals surface area contributed by atoms with E-state index in [0.717, 1.165) is 15.2 Å². The third-order valence-corrected chi connectivity index (χ3v) is 5.11. The molecule has 2 amide bonds. The van der Waals surface area contributed by atoms with Gasteiger partial charge in [-0.1, -0.05) is 23.7 Å². The fourth-order valence-electron chi connectivity index (χ4n) is 2.49. The molecule has 0 radical (unpaired) electrons. The van der Waals surface area contributed by atoms with Gasteiger partial charge in [-0.15, -0.1) is 11.3 Å². The number of thiazole rings is 1. The summed E-state index contributed by atoms with van der Waals surface area (Å²) in [6.07, 6.45) is 3.06. The Morgan fingerprint density at radius 2 is 2.07 bits per heavy atom. The van der Waals surface area contributed by atoms with Crippen LogP contribution in [0.5, 0.6) is 5.75 Å². The van der Waals surface area contributed by atoms with E-state index in [4.69, 9.17) is 16.3 Å². The van der Waals surface area contributed by atoms with Crippen LogP contribution in [0.15, 0.2) is 48.5 Å². The lowest BCUT2D eigenvalue weighted by Gasteiger charge is -2.16. The van der Waals surface area contributed by atoms with Gasteiger partial charge >= 0.3 is 0 Å². The lowest BCUT2D eigenvalue weighted by Crippen LogP contribution is -2.33. The highest BCUT2D eigenvalue weighted by molar-refractivity contribution is 7.19. The molecular weight excluding hydrogens is 398 g/mol. The van der Waals surface area contributed by atoms with Crippen LogP contribution in [-0.2, 0) is 9.59 Å². The van der Waals surface area contributed by atoms with Crippen molar-refractivity contribution in [1.82, 2.24) is 9.88 Å². The zero-order valence-corrected chi connectivity index (χ0v) is 16.9. The molecular formula is C20H18ClN3O3S. The molecule has 0 atom stereocenters. The van der Waals surface area contributed by atoms with Gasteiger partial charge in [0.05, 0.1) is 29.6 Å². The van der Waals surface area contributed by atoms with Crippen molar-refractivity contribution in [1.29, 1.82) is 0 Å². The van der Waals surface area contributed by atoms with Gasteiger partial charge in [0, 0.05) is 18.1 Å². The largest absolute Gasteiger partial charge is 0.495 e. The fraction of sp³-hybridized carbons (Fsp3) is 0.150. The second kappa shape index (κ2) is 8.86. The monoisotopic (exact) mass is 415 g/mol. The van der Waals surface area contributed by atoms with Crippen molar-refractivity contribution in [3.05, 3.63) is 58.6 Å². The first kappa shape index (κ1) is 19.9. The van der Waals surface area contributed by atoms with E-state index in [2.05, 4.69) is 10.3 Å². The molecule has 1 heterocycles. The highest BCUT2D eigenvalue weighted by Crippen LogP contribution is 2.27. The summed E-state index contributed by atoms with van der Waals surface area (Å²) < 4.78 is 6.25. The summed E-state index contributed by atoms with van der Waals surface area (Å²) in [5.41, 5.74) is 1.34. The van der Waals surface area contributed by atoms with E-state index >= 15 is 0 Å². The number of ether oxygens (including phenoxy) is 1. The van der Waals surface area contributed by atoms with Gasteiger partial charge in [0.15, 0.2) is 0 Å². The molecule has 8 heteroatoms. The van der Waals surface area contributed by atoms with E-state index < -0.39 is 0 Å². The number of carbonyl (C=O) groups excluding carboxylic acids is 2. The third kappa shape index (κ3) is 4.88.